The topological polar surface area (TPSA) is 69.9 Å². The minimum absolute atomic E-state index is 0.188. The number of hydrogen-bond acceptors (Lipinski definition) is 6. The smallest absolute Gasteiger partial charge is 0.338 e. The van der Waals surface area contributed by atoms with E-state index < -0.39 is 12.0 Å². The van der Waals surface area contributed by atoms with Crippen molar-refractivity contribution in [2.75, 3.05) is 13.7 Å². The van der Waals surface area contributed by atoms with Crippen LogP contribution in [-0.4, -0.2) is 24.3 Å². The summed E-state index contributed by atoms with van der Waals surface area (Å²) in [6.07, 6.45) is 1.87. The predicted octanol–water partition coefficient (Wildman–Crippen LogP) is 5.14. The number of hydrogen-bond donors (Lipinski definition) is 0. The number of allylic oxidation sites excluding steroid dienone is 1. The van der Waals surface area contributed by atoms with Gasteiger partial charge in [-0.05, 0) is 99.8 Å². The van der Waals surface area contributed by atoms with Crippen molar-refractivity contribution < 1.29 is 14.3 Å². The van der Waals surface area contributed by atoms with Crippen molar-refractivity contribution in [3.8, 4) is 5.75 Å². The molecule has 3 aromatic rings. The number of nitrogens with zero attached hydrogens (tertiary/aromatic N) is 2. The predicted molar refractivity (Wildman–Crippen MR) is 159 cm³/mol. The van der Waals surface area contributed by atoms with Crippen molar-refractivity contribution in [3.63, 3.8) is 0 Å². The molecule has 6 nitrogen and oxygen atoms in total. The number of carbonyl (C=O) groups is 1. The van der Waals surface area contributed by atoms with Crippen LogP contribution >= 0.6 is 56.5 Å². The van der Waals surface area contributed by atoms with Gasteiger partial charge < -0.3 is 9.47 Å². The van der Waals surface area contributed by atoms with E-state index in [2.05, 4.69) is 76.2 Å². The lowest BCUT2D eigenvalue weighted by atomic mass is 9.93. The molecule has 0 N–H and O–H groups in total. The second-order valence-electron chi connectivity index (χ2n) is 8.64. The Balaban J connectivity index is 1.93. The number of benzene rings is 2. The number of aromatic nitrogens is 1. The molecule has 0 unspecified atom stereocenters. The Morgan fingerprint density at radius 2 is 1.83 bits per heavy atom. The number of carbonyl (C=O) groups excluding carboxylic acids is 1. The van der Waals surface area contributed by atoms with Crippen molar-refractivity contribution >= 4 is 68.6 Å². The molecule has 1 aliphatic heterocycles. The fourth-order valence-electron chi connectivity index (χ4n) is 4.18. The number of ether oxygens (including phenoxy) is 2. The summed E-state index contributed by atoms with van der Waals surface area (Å²) < 4.78 is 14.9. The molecule has 2 aromatic carbocycles. The first kappa shape index (κ1) is 27.1. The van der Waals surface area contributed by atoms with E-state index in [9.17, 15) is 9.59 Å². The molecule has 2 heterocycles. The van der Waals surface area contributed by atoms with Crippen molar-refractivity contribution in [1.82, 2.24) is 4.57 Å². The van der Waals surface area contributed by atoms with Gasteiger partial charge in [-0.25, -0.2) is 9.79 Å². The molecule has 0 radical (unpaired) electrons. The summed E-state index contributed by atoms with van der Waals surface area (Å²) in [7, 11) is 1.65. The molecular weight excluding hydrogens is 702 g/mol. The van der Waals surface area contributed by atoms with E-state index in [1.54, 1.807) is 25.5 Å². The van der Waals surface area contributed by atoms with Crippen molar-refractivity contribution in [3.05, 3.63) is 91.2 Å². The van der Waals surface area contributed by atoms with Gasteiger partial charge in [0.05, 0.1) is 42.7 Å². The van der Waals surface area contributed by atoms with Gasteiger partial charge >= 0.3 is 5.97 Å². The van der Waals surface area contributed by atoms with Crippen molar-refractivity contribution in [2.45, 2.75) is 39.7 Å². The van der Waals surface area contributed by atoms with Gasteiger partial charge in [0.1, 0.15) is 5.75 Å². The van der Waals surface area contributed by atoms with E-state index in [1.165, 1.54) is 16.9 Å². The molecule has 0 fully saturated rings. The first-order chi connectivity index (χ1) is 17.2. The van der Waals surface area contributed by atoms with E-state index in [4.69, 9.17) is 9.47 Å². The Morgan fingerprint density at radius 1 is 1.19 bits per heavy atom. The van der Waals surface area contributed by atoms with Crippen LogP contribution in [0.25, 0.3) is 6.08 Å². The maximum absolute atomic E-state index is 13.8. The highest BCUT2D eigenvalue weighted by Crippen LogP contribution is 2.32. The van der Waals surface area contributed by atoms with Crippen LogP contribution in [0, 0.1) is 7.14 Å². The summed E-state index contributed by atoms with van der Waals surface area (Å²) in [4.78, 5) is 32.0. The Kier molecular flexibility index (Phi) is 8.40. The zero-order valence-electron chi connectivity index (χ0n) is 20.6. The second kappa shape index (κ2) is 11.2. The van der Waals surface area contributed by atoms with E-state index in [-0.39, 0.29) is 12.2 Å². The van der Waals surface area contributed by atoms with Crippen LogP contribution in [-0.2, 0) is 9.53 Å². The van der Waals surface area contributed by atoms with Crippen LogP contribution in [0.15, 0.2) is 57.5 Å². The van der Waals surface area contributed by atoms with Crippen LogP contribution in [0.4, 0.5) is 0 Å². The number of rotatable bonds is 6. The van der Waals surface area contributed by atoms with Crippen LogP contribution in [0.1, 0.15) is 56.3 Å². The quantitative estimate of drug-likeness (QED) is 0.261. The first-order valence-corrected chi connectivity index (χ1v) is 14.5. The normalized spacial score (nSPS) is 15.7. The van der Waals surface area contributed by atoms with Gasteiger partial charge in [0.2, 0.25) is 0 Å². The highest BCUT2D eigenvalue weighted by molar-refractivity contribution is 14.1. The highest BCUT2D eigenvalue weighted by atomic mass is 127. The second-order valence-corrected chi connectivity index (χ2v) is 12.0. The third-order valence-corrected chi connectivity index (χ3v) is 8.54. The zero-order valence-corrected chi connectivity index (χ0v) is 25.7. The minimum Gasteiger partial charge on any atom is -0.495 e. The van der Waals surface area contributed by atoms with Gasteiger partial charge in [-0.1, -0.05) is 49.4 Å². The molecule has 0 saturated carbocycles. The molecule has 1 atom stereocenters. The Hall–Kier alpha value is -1.99. The molecule has 0 saturated heterocycles. The maximum atomic E-state index is 13.8. The van der Waals surface area contributed by atoms with Gasteiger partial charge in [0.25, 0.3) is 5.56 Å². The third kappa shape index (κ3) is 5.19. The lowest BCUT2D eigenvalue weighted by molar-refractivity contribution is -0.139. The van der Waals surface area contributed by atoms with Crippen LogP contribution < -0.4 is 19.6 Å². The summed E-state index contributed by atoms with van der Waals surface area (Å²) >= 11 is 5.78. The molecule has 0 amide bonds. The highest BCUT2D eigenvalue weighted by Gasteiger charge is 2.33. The van der Waals surface area contributed by atoms with Crippen molar-refractivity contribution in [2.24, 2.45) is 4.99 Å². The molecule has 9 heteroatoms. The van der Waals surface area contributed by atoms with Gasteiger partial charge in [0.15, 0.2) is 4.80 Å². The number of methoxy groups -OCH3 is 1. The van der Waals surface area contributed by atoms with Crippen LogP contribution in [0.2, 0.25) is 0 Å². The summed E-state index contributed by atoms with van der Waals surface area (Å²) in [5.41, 5.74) is 3.70. The third-order valence-electron chi connectivity index (χ3n) is 5.96. The monoisotopic (exact) mass is 728 g/mol. The summed E-state index contributed by atoms with van der Waals surface area (Å²) in [6.45, 7) is 8.08. The van der Waals surface area contributed by atoms with Crippen molar-refractivity contribution in [1.29, 1.82) is 0 Å². The lowest BCUT2D eigenvalue weighted by Gasteiger charge is -2.25. The fraction of sp³-hybridized carbons (Fsp3) is 0.296. The van der Waals surface area contributed by atoms with E-state index in [0.29, 0.717) is 26.5 Å². The number of fused-ring (bicyclic) bond motifs is 1. The van der Waals surface area contributed by atoms with Crippen LogP contribution in [0.3, 0.4) is 0 Å². The first-order valence-electron chi connectivity index (χ1n) is 11.5. The minimum atomic E-state index is -0.611. The molecule has 0 aliphatic carbocycles. The fourth-order valence-corrected chi connectivity index (χ4v) is 7.48. The van der Waals surface area contributed by atoms with Gasteiger partial charge in [0, 0.05) is 0 Å². The SMILES string of the molecule is CCOC(=O)C1=C(C)N=c2s/c(=C\c3cc(I)c(OC)c(I)c3)c(=O)n2[C@H]1c1ccc(C(C)C)cc1. The standard InChI is InChI=1S/C27H26I2N2O4S/c1-6-35-26(33)22-15(4)30-27-31(23(22)18-9-7-17(8-10-18)14(2)3)25(32)21(36-27)13-16-11-19(28)24(34-5)20(29)12-16/h7-14,23H,6H2,1-5H3/b21-13-/t23-/m0/s1. The molecular formula is C27H26I2N2O4S. The molecule has 0 bridgehead atoms. The number of thiazole rings is 1. The summed E-state index contributed by atoms with van der Waals surface area (Å²) in [6, 6.07) is 11.4. The maximum Gasteiger partial charge on any atom is 0.338 e. The largest absolute Gasteiger partial charge is 0.495 e. The molecule has 36 heavy (non-hydrogen) atoms. The lowest BCUT2D eigenvalue weighted by Crippen LogP contribution is -2.39. The van der Waals surface area contributed by atoms with E-state index >= 15 is 0 Å². The average molecular weight is 728 g/mol. The number of halogens is 2. The molecule has 1 aliphatic rings. The molecule has 0 spiro atoms. The van der Waals surface area contributed by atoms with Gasteiger partial charge in [-0.2, -0.15) is 0 Å². The molecule has 4 rings (SSSR count). The van der Waals surface area contributed by atoms with E-state index in [0.717, 1.165) is 24.0 Å². The molecule has 188 valence electrons. The Morgan fingerprint density at radius 3 is 2.39 bits per heavy atom. The Bertz CT molecular complexity index is 1510. The average Bonchev–Trinajstić information content (AvgIpc) is 3.12. The van der Waals surface area contributed by atoms with Gasteiger partial charge in [-0.15, -0.1) is 0 Å². The summed E-state index contributed by atoms with van der Waals surface area (Å²) in [5.74, 6) is 0.734. The van der Waals surface area contributed by atoms with Gasteiger partial charge in [-0.3, -0.25) is 9.36 Å². The summed E-state index contributed by atoms with van der Waals surface area (Å²) in [5, 5.41) is 0. The molecule has 1 aromatic heterocycles. The zero-order chi connectivity index (χ0) is 26.1. The number of esters is 1. The van der Waals surface area contributed by atoms with E-state index in [1.807, 2.05) is 30.3 Å². The van der Waals surface area contributed by atoms with Crippen LogP contribution in [0.5, 0.6) is 5.75 Å². The Labute approximate surface area is 241 Å².